The lowest BCUT2D eigenvalue weighted by atomic mass is 10.0. The summed E-state index contributed by atoms with van der Waals surface area (Å²) in [6, 6.07) is 0. The third-order valence-electron chi connectivity index (χ3n) is 3.57. The summed E-state index contributed by atoms with van der Waals surface area (Å²) in [6.45, 7) is 11.5. The Hall–Kier alpha value is -1.47. The van der Waals surface area contributed by atoms with Gasteiger partial charge in [0.05, 0.1) is 17.7 Å². The highest BCUT2D eigenvalue weighted by molar-refractivity contribution is 5.14. The molecule has 0 amide bonds. The molecule has 1 aromatic rings. The van der Waals surface area contributed by atoms with E-state index in [2.05, 4.69) is 37.6 Å². The van der Waals surface area contributed by atoms with Crippen LogP contribution in [0.5, 0.6) is 0 Å². The number of hydrogen-bond donors (Lipinski definition) is 0. The lowest BCUT2D eigenvalue weighted by Crippen LogP contribution is -2.52. The van der Waals surface area contributed by atoms with Crippen LogP contribution in [0.3, 0.4) is 0 Å². The van der Waals surface area contributed by atoms with Gasteiger partial charge in [0.2, 0.25) is 6.33 Å². The number of aromatic nitrogens is 2. The molecule has 0 unspecified atom stereocenters. The van der Waals surface area contributed by atoms with Crippen LogP contribution < -0.4 is 0 Å². The van der Waals surface area contributed by atoms with Gasteiger partial charge in [0.15, 0.2) is 0 Å². The lowest BCUT2D eigenvalue weighted by Gasteiger charge is -2.41. The highest BCUT2D eigenvalue weighted by atomic mass is 16.6. The molecule has 0 aromatic carbocycles. The predicted molar refractivity (Wildman–Crippen MR) is 74.7 cm³/mol. The van der Waals surface area contributed by atoms with Crippen molar-refractivity contribution in [1.82, 2.24) is 14.5 Å². The van der Waals surface area contributed by atoms with Crippen molar-refractivity contribution in [3.8, 4) is 0 Å². The second kappa shape index (κ2) is 5.14. The van der Waals surface area contributed by atoms with Crippen LogP contribution in [-0.2, 0) is 10.3 Å². The first-order valence-electron chi connectivity index (χ1n) is 6.75. The number of ether oxygens (including phenoxy) is 1. The van der Waals surface area contributed by atoms with Gasteiger partial charge >= 0.3 is 5.82 Å². The van der Waals surface area contributed by atoms with E-state index in [1.807, 2.05) is 4.57 Å². The van der Waals surface area contributed by atoms with E-state index >= 15 is 0 Å². The van der Waals surface area contributed by atoms with Crippen molar-refractivity contribution in [1.29, 1.82) is 0 Å². The van der Waals surface area contributed by atoms with Crippen molar-refractivity contribution in [3.05, 3.63) is 22.6 Å². The minimum atomic E-state index is -0.468. The molecule has 2 rings (SSSR count). The second-order valence-electron chi connectivity index (χ2n) is 6.53. The summed E-state index contributed by atoms with van der Waals surface area (Å²) >= 11 is 0. The zero-order valence-corrected chi connectivity index (χ0v) is 12.5. The van der Waals surface area contributed by atoms with Crippen LogP contribution in [0.15, 0.2) is 12.5 Å². The molecular formula is C13H22N4O3. The van der Waals surface area contributed by atoms with Gasteiger partial charge in [0.1, 0.15) is 6.20 Å². The van der Waals surface area contributed by atoms with E-state index in [4.69, 9.17) is 4.74 Å². The molecule has 1 aromatic heterocycles. The van der Waals surface area contributed by atoms with Gasteiger partial charge in [-0.3, -0.25) is 4.90 Å². The Morgan fingerprint density at radius 2 is 2.25 bits per heavy atom. The maximum atomic E-state index is 10.7. The van der Waals surface area contributed by atoms with Crippen molar-refractivity contribution >= 4 is 5.82 Å². The lowest BCUT2D eigenvalue weighted by molar-refractivity contribution is -0.389. The van der Waals surface area contributed by atoms with Crippen molar-refractivity contribution in [2.45, 2.75) is 38.8 Å². The maximum Gasteiger partial charge on any atom is 0.381 e. The third-order valence-corrected chi connectivity index (χ3v) is 3.57. The fourth-order valence-corrected chi connectivity index (χ4v) is 2.62. The topological polar surface area (TPSA) is 73.4 Å². The second-order valence-corrected chi connectivity index (χ2v) is 6.53. The molecule has 112 valence electrons. The molecule has 7 heteroatoms. The molecule has 0 radical (unpaired) electrons. The molecule has 2 heterocycles. The van der Waals surface area contributed by atoms with Gasteiger partial charge in [0, 0.05) is 19.6 Å². The Kier molecular flexibility index (Phi) is 3.84. The summed E-state index contributed by atoms with van der Waals surface area (Å²) in [5.74, 6) is -0.111. The van der Waals surface area contributed by atoms with Crippen LogP contribution in [0.1, 0.15) is 27.7 Å². The fraction of sp³-hybridized carbons (Fsp3) is 0.769. The van der Waals surface area contributed by atoms with E-state index < -0.39 is 4.92 Å². The minimum absolute atomic E-state index is 0.111. The Morgan fingerprint density at radius 1 is 1.55 bits per heavy atom. The zero-order chi connectivity index (χ0) is 15.0. The summed E-state index contributed by atoms with van der Waals surface area (Å²) in [5.41, 5.74) is -0.399. The number of hydrogen-bond acceptors (Lipinski definition) is 5. The van der Waals surface area contributed by atoms with Gasteiger partial charge in [-0.2, -0.15) is 0 Å². The summed E-state index contributed by atoms with van der Waals surface area (Å²) in [5, 5.41) is 10.7. The molecule has 20 heavy (non-hydrogen) atoms. The zero-order valence-electron chi connectivity index (χ0n) is 12.5. The molecule has 1 aliphatic rings. The molecule has 0 spiro atoms. The Morgan fingerprint density at radius 3 is 2.80 bits per heavy atom. The highest BCUT2D eigenvalue weighted by Gasteiger charge is 2.32. The fourth-order valence-electron chi connectivity index (χ4n) is 2.62. The molecule has 0 aliphatic carbocycles. The molecule has 1 aliphatic heterocycles. The SMILES string of the molecule is CC1(C)CN(CC(C)(C)n2cnc([N+](=O)[O-])c2)CCO1. The van der Waals surface area contributed by atoms with Gasteiger partial charge in [-0.15, -0.1) is 0 Å². The molecule has 0 bridgehead atoms. The van der Waals surface area contributed by atoms with E-state index in [9.17, 15) is 10.1 Å². The van der Waals surface area contributed by atoms with E-state index in [0.29, 0.717) is 6.61 Å². The van der Waals surface area contributed by atoms with Gasteiger partial charge in [-0.05, 0) is 37.6 Å². The quantitative estimate of drug-likeness (QED) is 0.620. The molecule has 0 N–H and O–H groups in total. The highest BCUT2D eigenvalue weighted by Crippen LogP contribution is 2.23. The van der Waals surface area contributed by atoms with Crippen LogP contribution in [0, 0.1) is 10.1 Å². The summed E-state index contributed by atoms with van der Waals surface area (Å²) in [4.78, 5) is 16.4. The van der Waals surface area contributed by atoms with E-state index in [-0.39, 0.29) is 17.0 Å². The number of nitro groups is 1. The van der Waals surface area contributed by atoms with Gasteiger partial charge in [0.25, 0.3) is 0 Å². The Labute approximate surface area is 118 Å². The predicted octanol–water partition coefficient (Wildman–Crippen LogP) is 1.64. The average molecular weight is 282 g/mol. The molecule has 1 fully saturated rings. The standard InChI is InChI=1S/C13H22N4O3/c1-12(2,16-7-11(14-10-16)17(18)19)8-15-5-6-20-13(3,4)9-15/h7,10H,5-6,8-9H2,1-4H3. The first kappa shape index (κ1) is 14.9. The van der Waals surface area contributed by atoms with Crippen LogP contribution in [0.4, 0.5) is 5.82 Å². The average Bonchev–Trinajstić information content (AvgIpc) is 2.76. The summed E-state index contributed by atoms with van der Waals surface area (Å²) < 4.78 is 7.51. The van der Waals surface area contributed by atoms with Gasteiger partial charge in [-0.1, -0.05) is 0 Å². The first-order valence-corrected chi connectivity index (χ1v) is 6.75. The number of nitrogens with zero attached hydrogens (tertiary/aromatic N) is 4. The number of morpholine rings is 1. The summed E-state index contributed by atoms with van der Waals surface area (Å²) in [6.07, 6.45) is 3.02. The van der Waals surface area contributed by atoms with E-state index in [0.717, 1.165) is 19.6 Å². The van der Waals surface area contributed by atoms with Crippen molar-refractivity contribution in [3.63, 3.8) is 0 Å². The van der Waals surface area contributed by atoms with Crippen molar-refractivity contribution in [2.24, 2.45) is 0 Å². The Bertz CT molecular complexity index is 496. The Balaban J connectivity index is 2.07. The van der Waals surface area contributed by atoms with Crippen molar-refractivity contribution in [2.75, 3.05) is 26.2 Å². The van der Waals surface area contributed by atoms with E-state index in [1.165, 1.54) is 12.5 Å². The van der Waals surface area contributed by atoms with E-state index in [1.54, 1.807) is 0 Å². The third kappa shape index (κ3) is 3.34. The van der Waals surface area contributed by atoms with Gasteiger partial charge < -0.3 is 19.4 Å². The minimum Gasteiger partial charge on any atom is -0.373 e. The van der Waals surface area contributed by atoms with Crippen LogP contribution >= 0.6 is 0 Å². The maximum absolute atomic E-state index is 10.7. The van der Waals surface area contributed by atoms with Crippen LogP contribution in [-0.4, -0.2) is 51.2 Å². The molecule has 0 atom stereocenters. The molecule has 7 nitrogen and oxygen atoms in total. The number of imidazole rings is 1. The summed E-state index contributed by atoms with van der Waals surface area (Å²) in [7, 11) is 0. The smallest absolute Gasteiger partial charge is 0.373 e. The molecular weight excluding hydrogens is 260 g/mol. The largest absolute Gasteiger partial charge is 0.381 e. The number of rotatable bonds is 4. The van der Waals surface area contributed by atoms with Gasteiger partial charge in [-0.25, -0.2) is 0 Å². The monoisotopic (exact) mass is 282 g/mol. The van der Waals surface area contributed by atoms with Crippen molar-refractivity contribution < 1.29 is 9.66 Å². The normalized spacial score (nSPS) is 20.0. The first-order chi connectivity index (χ1) is 9.20. The van der Waals surface area contributed by atoms with Crippen LogP contribution in [0.2, 0.25) is 0 Å². The molecule has 1 saturated heterocycles. The molecule has 0 saturated carbocycles. The van der Waals surface area contributed by atoms with Crippen LogP contribution in [0.25, 0.3) is 0 Å².